The second kappa shape index (κ2) is 9.84. The molecule has 160 valence electrons. The molecular formula is C21H25N3O5S. The number of benzene rings is 2. The van der Waals surface area contributed by atoms with Crippen molar-refractivity contribution in [3.63, 3.8) is 0 Å². The van der Waals surface area contributed by atoms with Crippen LogP contribution in [0.2, 0.25) is 0 Å². The molecule has 0 saturated carbocycles. The molecule has 1 heterocycles. The molecule has 2 N–H and O–H groups in total. The van der Waals surface area contributed by atoms with Crippen molar-refractivity contribution < 1.29 is 22.7 Å². The molecule has 0 radical (unpaired) electrons. The predicted octanol–water partition coefficient (Wildman–Crippen LogP) is 1.85. The average Bonchev–Trinajstić information content (AvgIpc) is 3.26. The summed E-state index contributed by atoms with van der Waals surface area (Å²) >= 11 is 0. The molecule has 1 fully saturated rings. The van der Waals surface area contributed by atoms with Gasteiger partial charge in [-0.2, -0.15) is 4.31 Å². The minimum absolute atomic E-state index is 0.00699. The van der Waals surface area contributed by atoms with E-state index >= 15 is 0 Å². The lowest BCUT2D eigenvalue weighted by atomic mass is 10.1. The molecule has 0 unspecified atom stereocenters. The molecule has 0 aliphatic carbocycles. The molecule has 30 heavy (non-hydrogen) atoms. The number of hydrogen-bond acceptors (Lipinski definition) is 5. The molecule has 1 atom stereocenters. The summed E-state index contributed by atoms with van der Waals surface area (Å²) in [6.45, 7) is 0.717. The van der Waals surface area contributed by atoms with Crippen molar-refractivity contribution in [1.29, 1.82) is 0 Å². The molecule has 3 rings (SSSR count). The van der Waals surface area contributed by atoms with Crippen LogP contribution < -0.4 is 10.6 Å². The lowest BCUT2D eigenvalue weighted by molar-refractivity contribution is -0.116. The fraction of sp³-hybridized carbons (Fsp3) is 0.333. The van der Waals surface area contributed by atoms with Crippen LogP contribution in [0.3, 0.4) is 0 Å². The van der Waals surface area contributed by atoms with Crippen LogP contribution in [-0.2, 0) is 19.6 Å². The van der Waals surface area contributed by atoms with Crippen molar-refractivity contribution in [1.82, 2.24) is 9.62 Å². The molecule has 2 amide bonds. The third-order valence-corrected chi connectivity index (χ3v) is 6.60. The van der Waals surface area contributed by atoms with Gasteiger partial charge >= 0.3 is 0 Å². The molecule has 0 aromatic heterocycles. The molecule has 0 bridgehead atoms. The molecule has 2 aromatic carbocycles. The van der Waals surface area contributed by atoms with Crippen LogP contribution in [0.5, 0.6) is 0 Å². The number of hydrogen-bond donors (Lipinski definition) is 2. The molecule has 1 aliphatic heterocycles. The maximum absolute atomic E-state index is 12.6. The molecule has 2 aromatic rings. The summed E-state index contributed by atoms with van der Waals surface area (Å²) in [5, 5.41) is 5.46. The van der Waals surface area contributed by atoms with Gasteiger partial charge < -0.3 is 15.4 Å². The Balaban J connectivity index is 1.63. The SMILES string of the molecule is CN(CC(=O)Nc1ccccc1C(=O)NC[C@H]1CCCO1)S(=O)(=O)c1ccccc1. The highest BCUT2D eigenvalue weighted by atomic mass is 32.2. The van der Waals surface area contributed by atoms with Gasteiger partial charge in [-0.3, -0.25) is 9.59 Å². The second-order valence-electron chi connectivity index (χ2n) is 7.01. The van der Waals surface area contributed by atoms with Crippen LogP contribution in [0.25, 0.3) is 0 Å². The Morgan fingerprint density at radius 3 is 2.50 bits per heavy atom. The number of rotatable bonds is 8. The van der Waals surface area contributed by atoms with E-state index in [1.165, 1.54) is 19.2 Å². The Labute approximate surface area is 176 Å². The van der Waals surface area contributed by atoms with Crippen LogP contribution in [0, 0.1) is 0 Å². The first kappa shape index (κ1) is 21.9. The minimum Gasteiger partial charge on any atom is -0.376 e. The summed E-state index contributed by atoms with van der Waals surface area (Å²) in [4.78, 5) is 25.1. The van der Waals surface area contributed by atoms with E-state index in [1.54, 1.807) is 42.5 Å². The Morgan fingerprint density at radius 1 is 1.10 bits per heavy atom. The summed E-state index contributed by atoms with van der Waals surface area (Å²) in [7, 11) is -2.46. The number of sulfonamides is 1. The lowest BCUT2D eigenvalue weighted by Crippen LogP contribution is -2.36. The zero-order valence-corrected chi connectivity index (χ0v) is 17.5. The minimum atomic E-state index is -3.79. The van der Waals surface area contributed by atoms with E-state index in [-0.39, 0.29) is 23.5 Å². The number of carbonyl (C=O) groups excluding carboxylic acids is 2. The number of ether oxygens (including phenoxy) is 1. The second-order valence-corrected chi connectivity index (χ2v) is 9.06. The third kappa shape index (κ3) is 5.44. The summed E-state index contributed by atoms with van der Waals surface area (Å²) in [5.41, 5.74) is 0.621. The van der Waals surface area contributed by atoms with Crippen molar-refractivity contribution in [3.05, 3.63) is 60.2 Å². The van der Waals surface area contributed by atoms with Crippen molar-refractivity contribution in [2.75, 3.05) is 32.1 Å². The Kier molecular flexibility index (Phi) is 7.20. The lowest BCUT2D eigenvalue weighted by Gasteiger charge is -2.18. The smallest absolute Gasteiger partial charge is 0.253 e. The quantitative estimate of drug-likeness (QED) is 0.664. The highest BCUT2D eigenvalue weighted by Crippen LogP contribution is 2.17. The Hall–Kier alpha value is -2.75. The number of carbonyl (C=O) groups is 2. The van der Waals surface area contributed by atoms with E-state index in [0.29, 0.717) is 24.4 Å². The topological polar surface area (TPSA) is 105 Å². The van der Waals surface area contributed by atoms with Gasteiger partial charge in [0.2, 0.25) is 15.9 Å². The van der Waals surface area contributed by atoms with Gasteiger partial charge in [-0.25, -0.2) is 8.42 Å². The number of para-hydroxylation sites is 1. The van der Waals surface area contributed by atoms with E-state index in [0.717, 1.165) is 17.1 Å². The van der Waals surface area contributed by atoms with Gasteiger partial charge in [0.1, 0.15) is 0 Å². The average molecular weight is 432 g/mol. The molecule has 0 spiro atoms. The third-order valence-electron chi connectivity index (χ3n) is 4.78. The summed E-state index contributed by atoms with van der Waals surface area (Å²) in [6.07, 6.45) is 1.89. The number of anilines is 1. The Bertz CT molecular complexity index is 989. The monoisotopic (exact) mass is 431 g/mol. The van der Waals surface area contributed by atoms with E-state index in [9.17, 15) is 18.0 Å². The molecule has 1 aliphatic rings. The zero-order valence-electron chi connectivity index (χ0n) is 16.7. The molecular weight excluding hydrogens is 406 g/mol. The Morgan fingerprint density at radius 2 is 1.80 bits per heavy atom. The van der Waals surface area contributed by atoms with Gasteiger partial charge in [-0.05, 0) is 37.1 Å². The standard InChI is InChI=1S/C21H25N3O5S/c1-24(30(27,28)17-9-3-2-4-10-17)15-20(25)23-19-12-6-5-11-18(19)21(26)22-14-16-8-7-13-29-16/h2-6,9-12,16H,7-8,13-15H2,1H3,(H,22,26)(H,23,25)/t16-/m1/s1. The number of likely N-dealkylation sites (N-methyl/N-ethyl adjacent to an activating group) is 1. The van der Waals surface area contributed by atoms with Crippen LogP contribution in [0.4, 0.5) is 5.69 Å². The van der Waals surface area contributed by atoms with Crippen molar-refractivity contribution in [2.45, 2.75) is 23.8 Å². The fourth-order valence-electron chi connectivity index (χ4n) is 3.15. The van der Waals surface area contributed by atoms with Gasteiger partial charge in [0.05, 0.1) is 28.8 Å². The summed E-state index contributed by atoms with van der Waals surface area (Å²) < 4.78 is 31.6. The maximum Gasteiger partial charge on any atom is 0.253 e. The molecule has 8 nitrogen and oxygen atoms in total. The van der Waals surface area contributed by atoms with E-state index < -0.39 is 15.9 Å². The van der Waals surface area contributed by atoms with Crippen LogP contribution in [0.1, 0.15) is 23.2 Å². The summed E-state index contributed by atoms with van der Waals surface area (Å²) in [6, 6.07) is 14.5. The number of nitrogens with zero attached hydrogens (tertiary/aromatic N) is 1. The summed E-state index contributed by atoms with van der Waals surface area (Å²) in [5.74, 6) is -0.872. The first-order valence-corrected chi connectivity index (χ1v) is 11.1. The van der Waals surface area contributed by atoms with Crippen LogP contribution in [0.15, 0.2) is 59.5 Å². The van der Waals surface area contributed by atoms with Crippen LogP contribution >= 0.6 is 0 Å². The van der Waals surface area contributed by atoms with E-state index in [1.807, 2.05) is 0 Å². The maximum atomic E-state index is 12.6. The van der Waals surface area contributed by atoms with Gasteiger partial charge in [0, 0.05) is 20.2 Å². The van der Waals surface area contributed by atoms with Gasteiger partial charge in [-0.15, -0.1) is 0 Å². The molecule has 9 heteroatoms. The normalized spacial score (nSPS) is 16.4. The number of nitrogens with one attached hydrogen (secondary N) is 2. The van der Waals surface area contributed by atoms with Crippen molar-refractivity contribution in [3.8, 4) is 0 Å². The van der Waals surface area contributed by atoms with E-state index in [2.05, 4.69) is 10.6 Å². The largest absolute Gasteiger partial charge is 0.376 e. The van der Waals surface area contributed by atoms with Crippen molar-refractivity contribution >= 4 is 27.5 Å². The van der Waals surface area contributed by atoms with Gasteiger partial charge in [0.25, 0.3) is 5.91 Å². The fourth-order valence-corrected chi connectivity index (χ4v) is 4.29. The highest BCUT2D eigenvalue weighted by Gasteiger charge is 2.23. The first-order chi connectivity index (χ1) is 14.4. The van der Waals surface area contributed by atoms with Gasteiger partial charge in [-0.1, -0.05) is 30.3 Å². The van der Waals surface area contributed by atoms with E-state index in [4.69, 9.17) is 4.74 Å². The zero-order chi connectivity index (χ0) is 21.6. The van der Waals surface area contributed by atoms with Crippen molar-refractivity contribution in [2.24, 2.45) is 0 Å². The van der Waals surface area contributed by atoms with Gasteiger partial charge in [0.15, 0.2) is 0 Å². The highest BCUT2D eigenvalue weighted by molar-refractivity contribution is 7.89. The predicted molar refractivity (Wildman–Crippen MR) is 113 cm³/mol. The molecule has 1 saturated heterocycles. The first-order valence-electron chi connectivity index (χ1n) is 9.68. The number of amides is 2. The van der Waals surface area contributed by atoms with Crippen LogP contribution in [-0.4, -0.2) is 57.4 Å².